The van der Waals surface area contributed by atoms with Gasteiger partial charge in [0, 0.05) is 23.1 Å². The lowest BCUT2D eigenvalue weighted by molar-refractivity contribution is -0.0190. The van der Waals surface area contributed by atoms with Gasteiger partial charge in [0.15, 0.2) is 0 Å². The maximum absolute atomic E-state index is 6.46. The van der Waals surface area contributed by atoms with Gasteiger partial charge in [-0.3, -0.25) is 0 Å². The van der Waals surface area contributed by atoms with Crippen molar-refractivity contribution in [2.75, 3.05) is 7.11 Å². The monoisotopic (exact) mass is 398 g/mol. The molecule has 0 N–H and O–H groups in total. The first-order valence-electron chi connectivity index (χ1n) is 10.5. The van der Waals surface area contributed by atoms with Crippen LogP contribution < -0.4 is 9.47 Å². The van der Waals surface area contributed by atoms with E-state index in [1.54, 1.807) is 7.11 Å². The molecule has 0 radical (unpaired) electrons. The van der Waals surface area contributed by atoms with E-state index in [0.717, 1.165) is 34.8 Å². The Bertz CT molecular complexity index is 1090. The highest BCUT2D eigenvalue weighted by Gasteiger charge is 2.40. The maximum Gasteiger partial charge on any atom is 0.213 e. The summed E-state index contributed by atoms with van der Waals surface area (Å²) in [6, 6.07) is 25.3. The number of rotatable bonds is 4. The molecule has 30 heavy (non-hydrogen) atoms. The van der Waals surface area contributed by atoms with Gasteiger partial charge in [0.25, 0.3) is 0 Å². The van der Waals surface area contributed by atoms with E-state index in [4.69, 9.17) is 14.6 Å². The topological polar surface area (TPSA) is 34.1 Å². The first-order chi connectivity index (χ1) is 14.6. The number of ether oxygens (including phenoxy) is 2. The molecule has 2 heterocycles. The summed E-state index contributed by atoms with van der Waals surface area (Å²) in [5, 5.41) is 7.17. The van der Waals surface area contributed by atoms with Gasteiger partial charge in [0.05, 0.1) is 18.9 Å². The van der Waals surface area contributed by atoms with Crippen LogP contribution in [0.25, 0.3) is 0 Å². The van der Waals surface area contributed by atoms with Crippen molar-refractivity contribution in [2.45, 2.75) is 38.5 Å². The summed E-state index contributed by atoms with van der Waals surface area (Å²) in [5.41, 5.74) is 5.79. The molecule has 152 valence electrons. The SMILES string of the molecule is COc1cccc(C2=NN3C(C2)c2ccccc2OC3c2ccc(C(C)C)cc2)c1. The summed E-state index contributed by atoms with van der Waals surface area (Å²) in [6.45, 7) is 4.42. The first-order valence-corrected chi connectivity index (χ1v) is 10.5. The fourth-order valence-corrected chi connectivity index (χ4v) is 4.28. The molecular formula is C26H26N2O2. The Labute approximate surface area is 177 Å². The van der Waals surface area contributed by atoms with Crippen molar-refractivity contribution in [2.24, 2.45) is 5.10 Å². The lowest BCUT2D eigenvalue weighted by atomic mass is 9.95. The molecule has 0 spiro atoms. The second kappa shape index (κ2) is 7.52. The number of nitrogens with zero attached hydrogens (tertiary/aromatic N) is 2. The number of hydrazone groups is 1. The van der Waals surface area contributed by atoms with Gasteiger partial charge in [0.1, 0.15) is 11.5 Å². The van der Waals surface area contributed by atoms with E-state index in [0.29, 0.717) is 5.92 Å². The van der Waals surface area contributed by atoms with E-state index >= 15 is 0 Å². The van der Waals surface area contributed by atoms with Crippen molar-refractivity contribution in [3.05, 3.63) is 95.1 Å². The molecule has 0 aliphatic carbocycles. The van der Waals surface area contributed by atoms with Crippen LogP contribution in [0.15, 0.2) is 77.9 Å². The van der Waals surface area contributed by atoms with Gasteiger partial charge in [-0.05, 0) is 29.7 Å². The molecule has 0 aromatic heterocycles. The number of para-hydroxylation sites is 1. The quantitative estimate of drug-likeness (QED) is 0.536. The fraction of sp³-hybridized carbons (Fsp3) is 0.269. The lowest BCUT2D eigenvalue weighted by Gasteiger charge is -2.38. The van der Waals surface area contributed by atoms with Crippen molar-refractivity contribution in [1.82, 2.24) is 5.01 Å². The molecule has 2 atom stereocenters. The molecule has 2 aliphatic heterocycles. The Morgan fingerprint density at radius 2 is 1.80 bits per heavy atom. The maximum atomic E-state index is 6.46. The van der Waals surface area contributed by atoms with Gasteiger partial charge in [-0.2, -0.15) is 5.10 Å². The second-order valence-corrected chi connectivity index (χ2v) is 8.21. The molecule has 0 fully saturated rings. The number of hydrogen-bond acceptors (Lipinski definition) is 4. The van der Waals surface area contributed by atoms with Gasteiger partial charge in [-0.1, -0.05) is 68.4 Å². The molecule has 3 aromatic rings. The Morgan fingerprint density at radius 3 is 2.57 bits per heavy atom. The predicted molar refractivity (Wildman–Crippen MR) is 119 cm³/mol. The molecule has 3 aromatic carbocycles. The number of hydrogen-bond donors (Lipinski definition) is 0. The molecule has 5 rings (SSSR count). The predicted octanol–water partition coefficient (Wildman–Crippen LogP) is 6.06. The minimum atomic E-state index is -0.241. The summed E-state index contributed by atoms with van der Waals surface area (Å²) in [5.74, 6) is 2.29. The van der Waals surface area contributed by atoms with Crippen LogP contribution in [-0.2, 0) is 0 Å². The van der Waals surface area contributed by atoms with Crippen molar-refractivity contribution in [1.29, 1.82) is 0 Å². The molecule has 0 saturated heterocycles. The van der Waals surface area contributed by atoms with Crippen LogP contribution in [0, 0.1) is 0 Å². The highest BCUT2D eigenvalue weighted by atomic mass is 16.5. The number of benzene rings is 3. The summed E-state index contributed by atoms with van der Waals surface area (Å²) >= 11 is 0. The van der Waals surface area contributed by atoms with Crippen LogP contribution >= 0.6 is 0 Å². The molecule has 0 saturated carbocycles. The largest absolute Gasteiger partial charge is 0.497 e. The average molecular weight is 399 g/mol. The Kier molecular flexibility index (Phi) is 4.70. The fourth-order valence-electron chi connectivity index (χ4n) is 4.28. The molecule has 4 nitrogen and oxygen atoms in total. The van der Waals surface area contributed by atoms with Crippen LogP contribution in [0.2, 0.25) is 0 Å². The van der Waals surface area contributed by atoms with Crippen molar-refractivity contribution in [3.8, 4) is 11.5 Å². The normalized spacial score (nSPS) is 19.7. The summed E-state index contributed by atoms with van der Waals surface area (Å²) in [6.07, 6.45) is 0.600. The lowest BCUT2D eigenvalue weighted by Crippen LogP contribution is -2.33. The zero-order chi connectivity index (χ0) is 20.7. The van der Waals surface area contributed by atoms with Gasteiger partial charge < -0.3 is 9.47 Å². The van der Waals surface area contributed by atoms with E-state index in [-0.39, 0.29) is 12.3 Å². The second-order valence-electron chi connectivity index (χ2n) is 8.21. The van der Waals surface area contributed by atoms with Gasteiger partial charge >= 0.3 is 0 Å². The molecular weight excluding hydrogens is 372 g/mol. The van der Waals surface area contributed by atoms with Crippen molar-refractivity contribution >= 4 is 5.71 Å². The summed E-state index contributed by atoms with van der Waals surface area (Å²) in [7, 11) is 1.69. The van der Waals surface area contributed by atoms with Crippen LogP contribution in [-0.4, -0.2) is 17.8 Å². The Morgan fingerprint density at radius 1 is 1.00 bits per heavy atom. The Hall–Kier alpha value is -3.27. The van der Waals surface area contributed by atoms with E-state index in [2.05, 4.69) is 73.5 Å². The van der Waals surface area contributed by atoms with Crippen molar-refractivity contribution in [3.63, 3.8) is 0 Å². The third-order valence-electron chi connectivity index (χ3n) is 5.99. The van der Waals surface area contributed by atoms with E-state index in [1.807, 2.05) is 18.2 Å². The highest BCUT2D eigenvalue weighted by molar-refractivity contribution is 6.02. The van der Waals surface area contributed by atoms with Crippen LogP contribution in [0.3, 0.4) is 0 Å². The Balaban J connectivity index is 1.55. The van der Waals surface area contributed by atoms with Crippen molar-refractivity contribution < 1.29 is 9.47 Å². The van der Waals surface area contributed by atoms with Gasteiger partial charge in [0.2, 0.25) is 6.23 Å². The first kappa shape index (κ1) is 18.7. The highest BCUT2D eigenvalue weighted by Crippen LogP contribution is 2.47. The van der Waals surface area contributed by atoms with E-state index in [9.17, 15) is 0 Å². The minimum Gasteiger partial charge on any atom is -0.497 e. The molecule has 2 aliphatic rings. The molecule has 2 unspecified atom stereocenters. The standard InChI is InChI=1S/C26H26N2O2/c1-17(2)18-11-13-19(14-12-18)26-28-24(22-9-4-5-10-25(22)30-26)16-23(27-28)20-7-6-8-21(15-20)29-3/h4-15,17,24,26H,16H2,1-3H3. The van der Waals surface area contributed by atoms with Gasteiger partial charge in [-0.15, -0.1) is 0 Å². The minimum absolute atomic E-state index is 0.158. The molecule has 4 heteroatoms. The van der Waals surface area contributed by atoms with E-state index in [1.165, 1.54) is 11.1 Å². The molecule has 0 amide bonds. The average Bonchev–Trinajstić information content (AvgIpc) is 3.24. The van der Waals surface area contributed by atoms with Crippen LogP contribution in [0.5, 0.6) is 11.5 Å². The smallest absolute Gasteiger partial charge is 0.213 e. The van der Waals surface area contributed by atoms with E-state index < -0.39 is 0 Å². The number of methoxy groups -OCH3 is 1. The summed E-state index contributed by atoms with van der Waals surface area (Å²) < 4.78 is 11.9. The molecule has 0 bridgehead atoms. The zero-order valence-corrected chi connectivity index (χ0v) is 17.6. The van der Waals surface area contributed by atoms with Gasteiger partial charge in [-0.25, -0.2) is 5.01 Å². The summed E-state index contributed by atoms with van der Waals surface area (Å²) in [4.78, 5) is 0. The van der Waals surface area contributed by atoms with Crippen LogP contribution in [0.1, 0.15) is 60.7 Å². The number of fused-ring (bicyclic) bond motifs is 3. The zero-order valence-electron chi connectivity index (χ0n) is 17.6. The van der Waals surface area contributed by atoms with Crippen LogP contribution in [0.4, 0.5) is 0 Å². The third kappa shape index (κ3) is 3.22. The third-order valence-corrected chi connectivity index (χ3v) is 5.99.